The Bertz CT molecular complexity index is 1510. The number of likely N-dealkylation sites (tertiary alicyclic amines) is 1. The van der Waals surface area contributed by atoms with Crippen LogP contribution in [0.5, 0.6) is 11.6 Å². The SMILES string of the molecule is Cc1cc(C#N)cc(C)c1Oc1ccnc(NC2CCN(Cc3cn(Cc4ccc(C(N)=O)cc4)nn3)CC2)n1. The van der Waals surface area contributed by atoms with Crippen molar-refractivity contribution >= 4 is 11.9 Å². The van der Waals surface area contributed by atoms with E-state index in [4.69, 9.17) is 10.5 Å². The van der Waals surface area contributed by atoms with Gasteiger partial charge in [0.2, 0.25) is 17.7 Å². The lowest BCUT2D eigenvalue weighted by Crippen LogP contribution is -2.39. The van der Waals surface area contributed by atoms with Gasteiger partial charge >= 0.3 is 0 Å². The molecule has 0 unspecified atom stereocenters. The van der Waals surface area contributed by atoms with E-state index in [2.05, 4.69) is 36.6 Å². The Morgan fingerprint density at radius 2 is 1.85 bits per heavy atom. The first-order valence-corrected chi connectivity index (χ1v) is 13.1. The molecule has 11 heteroatoms. The largest absolute Gasteiger partial charge is 0.438 e. The van der Waals surface area contributed by atoms with Gasteiger partial charge in [0.05, 0.1) is 30.1 Å². The summed E-state index contributed by atoms with van der Waals surface area (Å²) in [6.07, 6.45) is 5.54. The van der Waals surface area contributed by atoms with Crippen molar-refractivity contribution < 1.29 is 9.53 Å². The summed E-state index contributed by atoms with van der Waals surface area (Å²) in [4.78, 5) is 22.6. The molecule has 0 radical (unpaired) electrons. The summed E-state index contributed by atoms with van der Waals surface area (Å²) in [5, 5.41) is 21.2. The monoisotopic (exact) mass is 537 g/mol. The zero-order valence-corrected chi connectivity index (χ0v) is 22.5. The average molecular weight is 538 g/mol. The number of nitriles is 1. The van der Waals surface area contributed by atoms with Gasteiger partial charge in [-0.1, -0.05) is 17.3 Å². The second kappa shape index (κ2) is 11.9. The van der Waals surface area contributed by atoms with E-state index in [1.807, 2.05) is 44.3 Å². The van der Waals surface area contributed by atoms with Gasteiger partial charge in [0.25, 0.3) is 0 Å². The van der Waals surface area contributed by atoms with Crippen LogP contribution in [-0.4, -0.2) is 54.9 Å². The number of nitrogens with zero attached hydrogens (tertiary/aromatic N) is 7. The number of carbonyl (C=O) groups excluding carboxylic acids is 1. The summed E-state index contributed by atoms with van der Waals surface area (Å²) in [5.74, 6) is 1.26. The number of nitrogens with one attached hydrogen (secondary N) is 1. The number of hydrogen-bond donors (Lipinski definition) is 2. The number of piperidine rings is 1. The van der Waals surface area contributed by atoms with E-state index in [1.54, 1.807) is 29.1 Å². The highest BCUT2D eigenvalue weighted by molar-refractivity contribution is 5.92. The molecule has 2 aromatic heterocycles. The molecule has 0 saturated carbocycles. The number of hydrogen-bond acceptors (Lipinski definition) is 9. The Hall–Kier alpha value is -4.82. The second-order valence-corrected chi connectivity index (χ2v) is 10.0. The number of aromatic nitrogens is 5. The molecule has 2 aromatic carbocycles. The molecule has 0 spiro atoms. The molecule has 40 heavy (non-hydrogen) atoms. The van der Waals surface area contributed by atoms with Gasteiger partial charge in [0, 0.05) is 43.5 Å². The van der Waals surface area contributed by atoms with Crippen molar-refractivity contribution in [1.29, 1.82) is 5.26 Å². The Balaban J connectivity index is 1.11. The maximum atomic E-state index is 11.3. The quantitative estimate of drug-likeness (QED) is 0.327. The van der Waals surface area contributed by atoms with E-state index in [1.165, 1.54) is 0 Å². The number of amides is 1. The molecule has 4 aromatic rings. The van der Waals surface area contributed by atoms with E-state index < -0.39 is 5.91 Å². The molecule has 204 valence electrons. The summed E-state index contributed by atoms with van der Waals surface area (Å²) >= 11 is 0. The molecule has 1 saturated heterocycles. The van der Waals surface area contributed by atoms with Crippen molar-refractivity contribution in [3.63, 3.8) is 0 Å². The molecule has 0 atom stereocenters. The highest BCUT2D eigenvalue weighted by Gasteiger charge is 2.21. The highest BCUT2D eigenvalue weighted by Crippen LogP contribution is 2.29. The van der Waals surface area contributed by atoms with Crippen LogP contribution in [0.2, 0.25) is 0 Å². The number of benzene rings is 2. The fraction of sp³-hybridized carbons (Fsp3) is 0.310. The number of rotatable bonds is 9. The number of primary amides is 1. The number of ether oxygens (including phenoxy) is 1. The van der Waals surface area contributed by atoms with Crippen molar-refractivity contribution in [2.24, 2.45) is 5.73 Å². The molecule has 0 bridgehead atoms. The lowest BCUT2D eigenvalue weighted by molar-refractivity contribution is 0.1000. The second-order valence-electron chi connectivity index (χ2n) is 10.0. The van der Waals surface area contributed by atoms with Gasteiger partial charge in [-0.15, -0.1) is 5.10 Å². The molecule has 11 nitrogen and oxygen atoms in total. The third-order valence-electron chi connectivity index (χ3n) is 6.90. The number of anilines is 1. The maximum Gasteiger partial charge on any atom is 0.248 e. The standard InChI is InChI=1S/C29H31N9O2/c1-19-13-22(15-30)14-20(2)27(19)40-26-7-10-32-29(34-26)33-24-8-11-37(12-9-24)17-25-18-38(36-35-25)16-21-3-5-23(6-4-21)28(31)39/h3-7,10,13-14,18,24H,8-9,11-12,16-17H2,1-2H3,(H2,31,39)(H,32,33,34). The minimum atomic E-state index is -0.437. The lowest BCUT2D eigenvalue weighted by atomic mass is 10.1. The molecule has 1 aliphatic heterocycles. The van der Waals surface area contributed by atoms with Crippen LogP contribution >= 0.6 is 0 Å². The van der Waals surface area contributed by atoms with Crippen molar-refractivity contribution in [3.05, 3.63) is 88.4 Å². The van der Waals surface area contributed by atoms with Crippen LogP contribution in [0.4, 0.5) is 5.95 Å². The molecule has 5 rings (SSSR count). The van der Waals surface area contributed by atoms with E-state index >= 15 is 0 Å². The Morgan fingerprint density at radius 1 is 1.12 bits per heavy atom. The predicted octanol–water partition coefficient (Wildman–Crippen LogP) is 3.57. The van der Waals surface area contributed by atoms with Crippen molar-refractivity contribution in [3.8, 4) is 17.7 Å². The topological polar surface area (TPSA) is 148 Å². The minimum absolute atomic E-state index is 0.254. The molecule has 1 fully saturated rings. The molecule has 0 aliphatic carbocycles. The van der Waals surface area contributed by atoms with Crippen molar-refractivity contribution in [2.75, 3.05) is 18.4 Å². The smallest absolute Gasteiger partial charge is 0.248 e. The normalized spacial score (nSPS) is 14.0. The zero-order valence-electron chi connectivity index (χ0n) is 22.5. The van der Waals surface area contributed by atoms with Crippen molar-refractivity contribution in [1.82, 2.24) is 29.9 Å². The van der Waals surface area contributed by atoms with Crippen LogP contribution in [-0.2, 0) is 13.1 Å². The third-order valence-corrected chi connectivity index (χ3v) is 6.90. The fourth-order valence-electron chi connectivity index (χ4n) is 4.85. The summed E-state index contributed by atoms with van der Waals surface area (Å²) < 4.78 is 7.87. The van der Waals surface area contributed by atoms with Crippen LogP contribution in [0.15, 0.2) is 54.9 Å². The van der Waals surface area contributed by atoms with Gasteiger partial charge in [-0.25, -0.2) is 9.67 Å². The van der Waals surface area contributed by atoms with Crippen LogP contribution < -0.4 is 15.8 Å². The zero-order chi connectivity index (χ0) is 28.1. The summed E-state index contributed by atoms with van der Waals surface area (Å²) in [6.45, 7) is 6.98. The summed E-state index contributed by atoms with van der Waals surface area (Å²) in [7, 11) is 0. The Morgan fingerprint density at radius 3 is 2.52 bits per heavy atom. The third kappa shape index (κ3) is 6.59. The minimum Gasteiger partial charge on any atom is -0.438 e. The van der Waals surface area contributed by atoms with E-state index in [0.29, 0.717) is 35.2 Å². The summed E-state index contributed by atoms with van der Waals surface area (Å²) in [6, 6.07) is 15.0. The van der Waals surface area contributed by atoms with Gasteiger partial charge in [0.1, 0.15) is 5.75 Å². The average Bonchev–Trinajstić information content (AvgIpc) is 3.38. The first-order chi connectivity index (χ1) is 19.4. The number of aryl methyl sites for hydroxylation is 2. The molecule has 1 aliphatic rings. The lowest BCUT2D eigenvalue weighted by Gasteiger charge is -2.31. The van der Waals surface area contributed by atoms with E-state index in [0.717, 1.165) is 54.9 Å². The Kier molecular flexibility index (Phi) is 7.98. The van der Waals surface area contributed by atoms with Gasteiger partial charge in [-0.3, -0.25) is 9.69 Å². The van der Waals surface area contributed by atoms with Crippen LogP contribution in [0.25, 0.3) is 0 Å². The fourth-order valence-corrected chi connectivity index (χ4v) is 4.85. The summed E-state index contributed by atoms with van der Waals surface area (Å²) in [5.41, 5.74) is 10.1. The first-order valence-electron chi connectivity index (χ1n) is 13.1. The highest BCUT2D eigenvalue weighted by atomic mass is 16.5. The molecule has 3 N–H and O–H groups in total. The number of nitrogens with two attached hydrogens (primary N) is 1. The van der Waals surface area contributed by atoms with E-state index in [-0.39, 0.29) is 6.04 Å². The first kappa shape index (κ1) is 26.8. The van der Waals surface area contributed by atoms with Crippen molar-refractivity contribution in [2.45, 2.75) is 45.8 Å². The maximum absolute atomic E-state index is 11.3. The molecule has 3 heterocycles. The molecule has 1 amide bonds. The molecular formula is C29H31N9O2. The van der Waals surface area contributed by atoms with Gasteiger partial charge in [-0.05, 0) is 67.6 Å². The number of carbonyl (C=O) groups is 1. The van der Waals surface area contributed by atoms with Crippen LogP contribution in [0.1, 0.15) is 51.1 Å². The Labute approximate surface area is 232 Å². The van der Waals surface area contributed by atoms with Gasteiger partial charge in [0.15, 0.2) is 0 Å². The predicted molar refractivity (Wildman–Crippen MR) is 149 cm³/mol. The van der Waals surface area contributed by atoms with E-state index in [9.17, 15) is 10.1 Å². The van der Waals surface area contributed by atoms with Gasteiger partial charge in [-0.2, -0.15) is 10.2 Å². The van der Waals surface area contributed by atoms with Crippen LogP contribution in [0, 0.1) is 25.2 Å². The van der Waals surface area contributed by atoms with Gasteiger partial charge < -0.3 is 15.8 Å². The molecular weight excluding hydrogens is 506 g/mol. The van der Waals surface area contributed by atoms with Crippen LogP contribution in [0.3, 0.4) is 0 Å².